The number of carbonyl (C=O) groups is 1. The second kappa shape index (κ2) is 9.33. The van der Waals surface area contributed by atoms with Crippen molar-refractivity contribution in [3.63, 3.8) is 0 Å². The largest absolute Gasteiger partial charge is 0.469 e. The van der Waals surface area contributed by atoms with Gasteiger partial charge in [0.1, 0.15) is 41.8 Å². The monoisotopic (exact) mass is 433 g/mol. The van der Waals surface area contributed by atoms with Crippen molar-refractivity contribution in [2.24, 2.45) is 5.92 Å². The second-order valence-electron chi connectivity index (χ2n) is 6.40. The van der Waals surface area contributed by atoms with Gasteiger partial charge in [-0.05, 0) is 6.92 Å². The highest BCUT2D eigenvalue weighted by Gasteiger charge is 2.52. The Morgan fingerprint density at radius 3 is 2.59 bits per heavy atom. The summed E-state index contributed by atoms with van der Waals surface area (Å²) in [5.74, 6) is -1.06. The molecule has 2 fully saturated rings. The van der Waals surface area contributed by atoms with Gasteiger partial charge in [0.2, 0.25) is 0 Å². The van der Waals surface area contributed by atoms with Crippen molar-refractivity contribution >= 4 is 27.3 Å². The molecule has 0 amide bonds. The minimum atomic E-state index is -4.79. The number of rotatable bonds is 7. The van der Waals surface area contributed by atoms with Crippen molar-refractivity contribution in [3.8, 4) is 0 Å². The maximum atomic E-state index is 11.7. The first-order valence-corrected chi connectivity index (χ1v) is 11.2. The number of esters is 1. The zero-order chi connectivity index (χ0) is 20.4. The fourth-order valence-corrected chi connectivity index (χ4v) is 6.31. The zero-order valence-electron chi connectivity index (χ0n) is 14.8. The molecule has 0 aromatic heterocycles. The van der Waals surface area contributed by atoms with Gasteiger partial charge in [-0.3, -0.25) is 9.35 Å². The lowest BCUT2D eigenvalue weighted by atomic mass is 10.1. The molecule has 0 aliphatic carbocycles. The third-order valence-electron chi connectivity index (χ3n) is 4.52. The summed E-state index contributed by atoms with van der Waals surface area (Å²) in [7, 11) is -4.30. The molecule has 158 valence electrons. The Balaban J connectivity index is 2.15. The molecule has 0 saturated carbocycles. The number of aliphatic hydroxyl groups excluding tert-OH is 3. The van der Waals surface area contributed by atoms with Crippen LogP contribution in [0.3, 0.4) is 0 Å². The lowest BCUT2D eigenvalue weighted by molar-refractivity contribution is -0.258. The summed E-state index contributed by atoms with van der Waals surface area (Å²) in [6.07, 6.45) is -5.27. The van der Waals surface area contributed by atoms with E-state index in [2.05, 4.69) is 8.92 Å². The predicted octanol–water partition coefficient (Wildman–Crippen LogP) is -2.56. The van der Waals surface area contributed by atoms with Gasteiger partial charge in [0.25, 0.3) is 0 Å². The molecule has 3 unspecified atom stereocenters. The molecular weight excluding hydrogens is 408 g/mol. The highest BCUT2D eigenvalue weighted by molar-refractivity contribution is 7.97. The van der Waals surface area contributed by atoms with Gasteiger partial charge in [-0.15, -0.1) is 0 Å². The van der Waals surface area contributed by atoms with Crippen LogP contribution in [-0.2, 0) is 44.5 Å². The molecule has 11 nitrogen and oxygen atoms in total. The fourth-order valence-electron chi connectivity index (χ4n) is 3.05. The van der Waals surface area contributed by atoms with Crippen molar-refractivity contribution in [2.75, 3.05) is 31.8 Å². The van der Waals surface area contributed by atoms with Crippen LogP contribution >= 0.6 is 0 Å². The molecule has 0 aromatic rings. The summed E-state index contributed by atoms with van der Waals surface area (Å²) in [5.41, 5.74) is 0. The van der Waals surface area contributed by atoms with Gasteiger partial charge in [-0.2, -0.15) is 8.42 Å². The van der Waals surface area contributed by atoms with Crippen LogP contribution in [0.2, 0.25) is 0 Å². The predicted molar refractivity (Wildman–Crippen MR) is 92.2 cm³/mol. The first-order chi connectivity index (χ1) is 12.6. The van der Waals surface area contributed by atoms with E-state index in [0.717, 1.165) is 0 Å². The maximum Gasteiger partial charge on any atom is 0.397 e. The molecule has 2 aliphatic rings. The molecule has 0 bridgehead atoms. The van der Waals surface area contributed by atoms with E-state index in [-0.39, 0.29) is 24.7 Å². The lowest BCUT2D eigenvalue weighted by Gasteiger charge is -2.36. The Morgan fingerprint density at radius 1 is 1.37 bits per heavy atom. The van der Waals surface area contributed by atoms with Crippen molar-refractivity contribution in [1.82, 2.24) is 0 Å². The van der Waals surface area contributed by atoms with E-state index >= 15 is 0 Å². The first-order valence-electron chi connectivity index (χ1n) is 8.21. The summed E-state index contributed by atoms with van der Waals surface area (Å²) >= 11 is 0. The van der Waals surface area contributed by atoms with E-state index in [1.807, 2.05) is 0 Å². The Kier molecular flexibility index (Phi) is 7.87. The Hall–Kier alpha value is -0.510. The van der Waals surface area contributed by atoms with Crippen LogP contribution in [0.15, 0.2) is 0 Å². The van der Waals surface area contributed by atoms with E-state index in [1.54, 1.807) is 0 Å². The minimum absolute atomic E-state index is 0.132. The van der Waals surface area contributed by atoms with E-state index in [9.17, 15) is 28.5 Å². The molecule has 8 atom stereocenters. The average Bonchev–Trinajstić information content (AvgIpc) is 2.87. The van der Waals surface area contributed by atoms with Crippen molar-refractivity contribution < 1.29 is 51.5 Å². The number of ether oxygens (including phenoxy) is 3. The number of hydrogen-bond donors (Lipinski definition) is 4. The van der Waals surface area contributed by atoms with E-state index < -0.39 is 69.1 Å². The fraction of sp³-hybridized carbons (Fsp3) is 0.929. The second-order valence-corrected chi connectivity index (χ2v) is 9.80. The molecule has 0 spiro atoms. The Labute approximate surface area is 159 Å². The molecule has 13 heteroatoms. The number of aliphatic hydroxyl groups is 3. The molecule has 2 saturated heterocycles. The molecule has 2 rings (SSSR count). The maximum absolute atomic E-state index is 11.7. The quantitative estimate of drug-likeness (QED) is 0.189. The summed E-state index contributed by atoms with van der Waals surface area (Å²) in [4.78, 5) is 11.7. The number of methoxy groups -OCH3 is 1. The normalized spacial score (nSPS) is 38.5. The molecule has 27 heavy (non-hydrogen) atoms. The SMILES string of the molecule is COC(=O)C(C)C1OC[C@H](OS(=O)(=O)O)[C@@H](C[S+]2C[C@@H](O)[C@H](O)[C@H]2CO)O1. The summed E-state index contributed by atoms with van der Waals surface area (Å²) < 4.78 is 51.5. The molecule has 0 aromatic carbocycles. The first kappa shape index (κ1) is 22.8. The van der Waals surface area contributed by atoms with E-state index in [1.165, 1.54) is 14.0 Å². The highest BCUT2D eigenvalue weighted by Crippen LogP contribution is 2.29. The number of carbonyl (C=O) groups excluding carboxylic acids is 1. The van der Waals surface area contributed by atoms with Crippen LogP contribution in [0.1, 0.15) is 6.92 Å². The van der Waals surface area contributed by atoms with Gasteiger partial charge < -0.3 is 29.5 Å². The molecule has 2 aliphatic heterocycles. The van der Waals surface area contributed by atoms with E-state index in [0.29, 0.717) is 0 Å². The van der Waals surface area contributed by atoms with Crippen LogP contribution in [0.4, 0.5) is 0 Å². The number of hydrogen-bond acceptors (Lipinski definition) is 10. The van der Waals surface area contributed by atoms with Crippen LogP contribution in [0, 0.1) is 5.92 Å². The van der Waals surface area contributed by atoms with Gasteiger partial charge in [0.15, 0.2) is 11.5 Å². The standard InChI is InChI=1S/C14H24O11S2/c1-7(13(18)22-2)14-23-4-9(25-27(19,20)21)10(24-14)6-26-5-8(16)12(17)11(26)3-15/h7-12,14-17H,3-6H2,1-2H3/p+1/t7?,8-,9+,10-,11-,12+,14?,26?/m1/s1. The molecule has 2 heterocycles. The summed E-state index contributed by atoms with van der Waals surface area (Å²) in [6.45, 7) is 0.873. The van der Waals surface area contributed by atoms with Crippen LogP contribution < -0.4 is 0 Å². The third-order valence-corrected chi connectivity index (χ3v) is 7.82. The van der Waals surface area contributed by atoms with Gasteiger partial charge >= 0.3 is 16.4 Å². The van der Waals surface area contributed by atoms with Gasteiger partial charge in [0.05, 0.1) is 20.3 Å². The Morgan fingerprint density at radius 2 is 2.04 bits per heavy atom. The van der Waals surface area contributed by atoms with Crippen LogP contribution in [0.25, 0.3) is 0 Å². The van der Waals surface area contributed by atoms with Gasteiger partial charge in [-0.25, -0.2) is 4.18 Å². The van der Waals surface area contributed by atoms with Gasteiger partial charge in [0, 0.05) is 10.9 Å². The van der Waals surface area contributed by atoms with Crippen LogP contribution in [0.5, 0.6) is 0 Å². The molecular formula is C14H25O11S2+. The Bertz CT molecular complexity index is 612. The molecule has 0 radical (unpaired) electrons. The van der Waals surface area contributed by atoms with Gasteiger partial charge in [-0.1, -0.05) is 0 Å². The van der Waals surface area contributed by atoms with Crippen molar-refractivity contribution in [3.05, 3.63) is 0 Å². The van der Waals surface area contributed by atoms with Crippen molar-refractivity contribution in [1.29, 1.82) is 0 Å². The molecule has 4 N–H and O–H groups in total. The summed E-state index contributed by atoms with van der Waals surface area (Å²) in [5, 5.41) is 28.7. The smallest absolute Gasteiger partial charge is 0.397 e. The topological polar surface area (TPSA) is 169 Å². The lowest BCUT2D eigenvalue weighted by Crippen LogP contribution is -2.52. The highest BCUT2D eigenvalue weighted by atomic mass is 32.3. The minimum Gasteiger partial charge on any atom is -0.469 e. The van der Waals surface area contributed by atoms with Crippen molar-refractivity contribution in [2.45, 2.75) is 42.9 Å². The zero-order valence-corrected chi connectivity index (χ0v) is 16.5. The van der Waals surface area contributed by atoms with Crippen LogP contribution in [-0.4, -0.2) is 102 Å². The average molecular weight is 433 g/mol. The third kappa shape index (κ3) is 5.74. The van der Waals surface area contributed by atoms with E-state index in [4.69, 9.17) is 14.0 Å². The summed E-state index contributed by atoms with van der Waals surface area (Å²) in [6, 6.07) is 0.